The van der Waals surface area contributed by atoms with Gasteiger partial charge in [-0.1, -0.05) is 19.3 Å². The molecule has 0 aliphatic heterocycles. The van der Waals surface area contributed by atoms with E-state index in [-0.39, 0.29) is 17.0 Å². The average Bonchev–Trinajstić information content (AvgIpc) is 2.31. The summed E-state index contributed by atoms with van der Waals surface area (Å²) in [6.07, 6.45) is 4.54. The molecular weight excluding hydrogens is 248 g/mol. The maximum atomic E-state index is 11.9. The topological polar surface area (TPSA) is 92.5 Å². The third-order valence-corrected chi connectivity index (χ3v) is 3.48. The van der Waals surface area contributed by atoms with Crippen LogP contribution in [-0.2, 0) is 0 Å². The fraction of sp³-hybridized carbons (Fsp3) is 0.462. The van der Waals surface area contributed by atoms with Crippen molar-refractivity contribution in [1.82, 2.24) is 5.32 Å². The first kappa shape index (κ1) is 13.3. The number of nitro groups is 1. The normalized spacial score (nSPS) is 14.7. The summed E-state index contributed by atoms with van der Waals surface area (Å²) in [7, 11) is 0. The Hall–Kier alpha value is -2.11. The SMILES string of the molecule is O=C(NCCC1CCC1)c1cc(O)ccc1[N+](=O)[O-]. The molecule has 0 saturated heterocycles. The second kappa shape index (κ2) is 5.69. The van der Waals surface area contributed by atoms with Crippen molar-refractivity contribution in [3.05, 3.63) is 33.9 Å². The molecule has 2 rings (SSSR count). The zero-order valence-corrected chi connectivity index (χ0v) is 10.5. The molecule has 0 radical (unpaired) electrons. The minimum Gasteiger partial charge on any atom is -0.508 e. The van der Waals surface area contributed by atoms with Crippen LogP contribution in [-0.4, -0.2) is 22.5 Å². The minimum absolute atomic E-state index is 0.0985. The summed E-state index contributed by atoms with van der Waals surface area (Å²) in [5.41, 5.74) is -0.391. The quantitative estimate of drug-likeness (QED) is 0.630. The smallest absolute Gasteiger partial charge is 0.282 e. The predicted octanol–water partition coefficient (Wildman–Crippen LogP) is 2.22. The van der Waals surface area contributed by atoms with Gasteiger partial charge in [-0.2, -0.15) is 0 Å². The van der Waals surface area contributed by atoms with Crippen LogP contribution >= 0.6 is 0 Å². The molecule has 0 heterocycles. The lowest BCUT2D eigenvalue weighted by Crippen LogP contribution is -2.27. The number of amides is 1. The van der Waals surface area contributed by atoms with Crippen molar-refractivity contribution < 1.29 is 14.8 Å². The first-order valence-electron chi connectivity index (χ1n) is 6.33. The van der Waals surface area contributed by atoms with Gasteiger partial charge in [0.1, 0.15) is 11.3 Å². The number of phenols is 1. The van der Waals surface area contributed by atoms with Crippen LogP contribution < -0.4 is 5.32 Å². The van der Waals surface area contributed by atoms with Crippen LogP contribution in [0, 0.1) is 16.0 Å². The van der Waals surface area contributed by atoms with Crippen LogP contribution in [0.1, 0.15) is 36.0 Å². The molecule has 0 atom stereocenters. The number of nitrogens with zero attached hydrogens (tertiary/aromatic N) is 1. The highest BCUT2D eigenvalue weighted by molar-refractivity contribution is 5.98. The Labute approximate surface area is 110 Å². The second-order valence-electron chi connectivity index (χ2n) is 4.80. The summed E-state index contributed by atoms with van der Waals surface area (Å²) in [5, 5.41) is 22.8. The molecule has 6 heteroatoms. The van der Waals surface area contributed by atoms with E-state index in [9.17, 15) is 20.0 Å². The monoisotopic (exact) mass is 264 g/mol. The van der Waals surface area contributed by atoms with Gasteiger partial charge in [0.05, 0.1) is 4.92 Å². The summed E-state index contributed by atoms with van der Waals surface area (Å²) in [6, 6.07) is 3.45. The van der Waals surface area contributed by atoms with Crippen molar-refractivity contribution in [2.24, 2.45) is 5.92 Å². The van der Waals surface area contributed by atoms with E-state index in [1.165, 1.54) is 25.3 Å². The first-order chi connectivity index (χ1) is 9.08. The zero-order valence-electron chi connectivity index (χ0n) is 10.5. The molecule has 1 aliphatic rings. The molecule has 1 aromatic rings. The van der Waals surface area contributed by atoms with Crippen LogP contribution in [0.4, 0.5) is 5.69 Å². The van der Waals surface area contributed by atoms with Crippen molar-refractivity contribution >= 4 is 11.6 Å². The number of carbonyl (C=O) groups is 1. The molecule has 0 aromatic heterocycles. The lowest BCUT2D eigenvalue weighted by Gasteiger charge is -2.25. The van der Waals surface area contributed by atoms with E-state index in [1.807, 2.05) is 0 Å². The van der Waals surface area contributed by atoms with E-state index >= 15 is 0 Å². The van der Waals surface area contributed by atoms with Crippen molar-refractivity contribution in [2.45, 2.75) is 25.7 Å². The summed E-state index contributed by atoms with van der Waals surface area (Å²) in [4.78, 5) is 22.1. The van der Waals surface area contributed by atoms with Gasteiger partial charge in [-0.3, -0.25) is 14.9 Å². The Morgan fingerprint density at radius 1 is 1.47 bits per heavy atom. The van der Waals surface area contributed by atoms with E-state index < -0.39 is 10.8 Å². The number of hydrogen-bond donors (Lipinski definition) is 2. The van der Waals surface area contributed by atoms with Gasteiger partial charge in [-0.25, -0.2) is 0 Å². The van der Waals surface area contributed by atoms with Gasteiger partial charge in [0.2, 0.25) is 0 Å². The van der Waals surface area contributed by atoms with Gasteiger partial charge in [0.15, 0.2) is 0 Å². The standard InChI is InChI=1S/C13H16N2O4/c16-10-4-5-12(15(18)19)11(8-10)13(17)14-7-6-9-2-1-3-9/h4-5,8-9,16H,1-3,6-7H2,(H,14,17). The second-order valence-corrected chi connectivity index (χ2v) is 4.80. The molecule has 1 fully saturated rings. The molecule has 102 valence electrons. The number of nitrogens with one attached hydrogen (secondary N) is 1. The number of nitro benzene ring substituents is 1. The molecule has 0 spiro atoms. The van der Waals surface area contributed by atoms with Crippen LogP contribution in [0.15, 0.2) is 18.2 Å². The van der Waals surface area contributed by atoms with E-state index in [4.69, 9.17) is 0 Å². The van der Waals surface area contributed by atoms with Gasteiger partial charge in [-0.15, -0.1) is 0 Å². The maximum absolute atomic E-state index is 11.9. The van der Waals surface area contributed by atoms with Crippen LogP contribution in [0.5, 0.6) is 5.75 Å². The molecular formula is C13H16N2O4. The summed E-state index contributed by atoms with van der Waals surface area (Å²) in [5.74, 6) is -0.00358. The Kier molecular flexibility index (Phi) is 3.99. The van der Waals surface area contributed by atoms with Gasteiger partial charge in [0.25, 0.3) is 11.6 Å². The Bertz CT molecular complexity index is 497. The summed E-state index contributed by atoms with van der Waals surface area (Å²) in [6.45, 7) is 0.510. The molecule has 0 bridgehead atoms. The van der Waals surface area contributed by atoms with Gasteiger partial charge in [0, 0.05) is 12.6 Å². The number of carbonyl (C=O) groups excluding carboxylic acids is 1. The molecule has 1 saturated carbocycles. The van der Waals surface area contributed by atoms with Crippen LogP contribution in [0.25, 0.3) is 0 Å². The van der Waals surface area contributed by atoms with E-state index in [0.29, 0.717) is 12.5 Å². The van der Waals surface area contributed by atoms with Crippen molar-refractivity contribution in [1.29, 1.82) is 0 Å². The third kappa shape index (κ3) is 3.21. The first-order valence-corrected chi connectivity index (χ1v) is 6.33. The Morgan fingerprint density at radius 3 is 2.79 bits per heavy atom. The number of hydrogen-bond acceptors (Lipinski definition) is 4. The molecule has 2 N–H and O–H groups in total. The van der Waals surface area contributed by atoms with Crippen molar-refractivity contribution in [3.63, 3.8) is 0 Å². The van der Waals surface area contributed by atoms with Gasteiger partial charge >= 0.3 is 0 Å². The van der Waals surface area contributed by atoms with Crippen LogP contribution in [0.3, 0.4) is 0 Å². The number of rotatable bonds is 5. The Balaban J connectivity index is 2.00. The Morgan fingerprint density at radius 2 is 2.21 bits per heavy atom. The van der Waals surface area contributed by atoms with Crippen molar-refractivity contribution in [2.75, 3.05) is 6.54 Å². The zero-order chi connectivity index (χ0) is 13.8. The van der Waals surface area contributed by atoms with E-state index in [1.54, 1.807) is 0 Å². The summed E-state index contributed by atoms with van der Waals surface area (Å²) < 4.78 is 0. The highest BCUT2D eigenvalue weighted by atomic mass is 16.6. The minimum atomic E-state index is -0.625. The maximum Gasteiger partial charge on any atom is 0.282 e. The fourth-order valence-electron chi connectivity index (χ4n) is 2.13. The predicted molar refractivity (Wildman–Crippen MR) is 69.1 cm³/mol. The molecule has 6 nitrogen and oxygen atoms in total. The molecule has 1 amide bonds. The third-order valence-electron chi connectivity index (χ3n) is 3.48. The molecule has 19 heavy (non-hydrogen) atoms. The largest absolute Gasteiger partial charge is 0.508 e. The van der Waals surface area contributed by atoms with E-state index in [2.05, 4.69) is 5.32 Å². The summed E-state index contributed by atoms with van der Waals surface area (Å²) >= 11 is 0. The van der Waals surface area contributed by atoms with Crippen molar-refractivity contribution in [3.8, 4) is 5.75 Å². The highest BCUT2D eigenvalue weighted by Crippen LogP contribution is 2.29. The molecule has 1 aromatic carbocycles. The van der Waals surface area contributed by atoms with Crippen LogP contribution in [0.2, 0.25) is 0 Å². The van der Waals surface area contributed by atoms with E-state index in [0.717, 1.165) is 18.6 Å². The lowest BCUT2D eigenvalue weighted by molar-refractivity contribution is -0.385. The number of phenolic OH excluding ortho intramolecular Hbond substituents is 1. The number of benzene rings is 1. The molecule has 1 aliphatic carbocycles. The molecule has 0 unspecified atom stereocenters. The van der Waals surface area contributed by atoms with Gasteiger partial charge < -0.3 is 10.4 Å². The highest BCUT2D eigenvalue weighted by Gasteiger charge is 2.21. The fourth-order valence-corrected chi connectivity index (χ4v) is 2.13. The average molecular weight is 264 g/mol. The number of aromatic hydroxyl groups is 1. The van der Waals surface area contributed by atoms with Gasteiger partial charge in [-0.05, 0) is 24.5 Å². The lowest BCUT2D eigenvalue weighted by atomic mass is 9.83.